The van der Waals surface area contributed by atoms with Gasteiger partial charge in [-0.1, -0.05) is 0 Å². The summed E-state index contributed by atoms with van der Waals surface area (Å²) in [5.74, 6) is 0. The van der Waals surface area contributed by atoms with Crippen molar-refractivity contribution in [3.8, 4) is 0 Å². The second-order valence-corrected chi connectivity index (χ2v) is 4.61. The minimum absolute atomic E-state index is 0.537. The zero-order valence-electron chi connectivity index (χ0n) is 11.0. The Labute approximate surface area is 116 Å². The van der Waals surface area contributed by atoms with E-state index in [1.54, 1.807) is 24.5 Å². The molecule has 5 heteroatoms. The molecule has 0 unspecified atom stereocenters. The predicted octanol–water partition coefficient (Wildman–Crippen LogP) is 3.09. The van der Waals surface area contributed by atoms with E-state index in [1.165, 1.54) is 4.90 Å². The Morgan fingerprint density at radius 3 is 2.80 bits per heavy atom. The van der Waals surface area contributed by atoms with E-state index in [0.717, 1.165) is 22.3 Å². The highest BCUT2D eigenvalue weighted by atomic mass is 16.2. The van der Waals surface area contributed by atoms with Crippen molar-refractivity contribution in [2.24, 2.45) is 5.73 Å². The summed E-state index contributed by atoms with van der Waals surface area (Å²) in [4.78, 5) is 20.5. The number of hydrogen-bond donors (Lipinski definition) is 2. The maximum Gasteiger partial charge on any atom is 0.323 e. The third-order valence-electron chi connectivity index (χ3n) is 3.12. The molecule has 0 aliphatic rings. The van der Waals surface area contributed by atoms with Crippen LogP contribution < -0.4 is 10.6 Å². The van der Waals surface area contributed by atoms with Gasteiger partial charge in [0.25, 0.3) is 0 Å². The average molecular weight is 266 g/mol. The molecular formula is C15H14N4O. The Kier molecular flexibility index (Phi) is 2.87. The molecule has 20 heavy (non-hydrogen) atoms. The fourth-order valence-electron chi connectivity index (χ4n) is 2.29. The molecule has 0 bridgehead atoms. The minimum Gasteiger partial charge on any atom is -0.359 e. The van der Waals surface area contributed by atoms with Crippen LogP contribution in [-0.2, 0) is 0 Å². The van der Waals surface area contributed by atoms with Gasteiger partial charge < -0.3 is 10.7 Å². The number of benzene rings is 1. The summed E-state index contributed by atoms with van der Waals surface area (Å²) < 4.78 is 0. The van der Waals surface area contributed by atoms with Crippen molar-refractivity contribution < 1.29 is 4.79 Å². The lowest BCUT2D eigenvalue weighted by atomic mass is 10.2. The number of rotatable bonds is 2. The molecule has 0 fully saturated rings. The predicted molar refractivity (Wildman–Crippen MR) is 79.0 cm³/mol. The Morgan fingerprint density at radius 2 is 2.10 bits per heavy atom. The topological polar surface area (TPSA) is 75.0 Å². The lowest BCUT2D eigenvalue weighted by Gasteiger charge is -2.20. The Morgan fingerprint density at radius 1 is 1.25 bits per heavy atom. The molecule has 0 aliphatic heterocycles. The molecule has 0 atom stereocenters. The summed E-state index contributed by atoms with van der Waals surface area (Å²) in [7, 11) is 0. The normalized spacial score (nSPS) is 10.7. The van der Waals surface area contributed by atoms with Crippen molar-refractivity contribution >= 4 is 28.3 Å². The number of nitrogens with one attached hydrogen (secondary N) is 1. The monoisotopic (exact) mass is 266 g/mol. The number of nitrogens with two attached hydrogens (primary N) is 1. The van der Waals surface area contributed by atoms with Crippen LogP contribution in [0.15, 0.2) is 48.8 Å². The van der Waals surface area contributed by atoms with Gasteiger partial charge >= 0.3 is 6.03 Å². The van der Waals surface area contributed by atoms with Crippen LogP contribution in [0.1, 0.15) is 5.69 Å². The number of fused-ring (bicyclic) bond motifs is 1. The van der Waals surface area contributed by atoms with Crippen LogP contribution >= 0.6 is 0 Å². The van der Waals surface area contributed by atoms with Gasteiger partial charge in [0.1, 0.15) is 0 Å². The Bertz CT molecular complexity index is 764. The van der Waals surface area contributed by atoms with E-state index < -0.39 is 6.03 Å². The molecule has 0 radical (unpaired) electrons. The Balaban J connectivity index is 2.12. The molecule has 0 saturated carbocycles. The number of H-pyrrole nitrogens is 1. The maximum atomic E-state index is 11.8. The van der Waals surface area contributed by atoms with Gasteiger partial charge in [-0.25, -0.2) is 4.79 Å². The van der Waals surface area contributed by atoms with Crippen LogP contribution in [0.2, 0.25) is 0 Å². The van der Waals surface area contributed by atoms with Crippen LogP contribution in [-0.4, -0.2) is 16.0 Å². The van der Waals surface area contributed by atoms with Crippen LogP contribution in [0, 0.1) is 6.92 Å². The molecule has 2 heterocycles. The second-order valence-electron chi connectivity index (χ2n) is 4.61. The maximum absolute atomic E-state index is 11.8. The highest BCUT2D eigenvalue weighted by Gasteiger charge is 2.15. The van der Waals surface area contributed by atoms with Gasteiger partial charge in [0.2, 0.25) is 0 Å². The van der Waals surface area contributed by atoms with Crippen molar-refractivity contribution in [3.05, 3.63) is 54.5 Å². The summed E-state index contributed by atoms with van der Waals surface area (Å²) in [6, 6.07) is 10.8. The molecule has 3 N–H and O–H groups in total. The number of aryl methyl sites for hydroxylation is 1. The fraction of sp³-hybridized carbons (Fsp3) is 0.0667. The van der Waals surface area contributed by atoms with Crippen molar-refractivity contribution in [1.82, 2.24) is 9.97 Å². The van der Waals surface area contributed by atoms with E-state index in [4.69, 9.17) is 5.73 Å². The summed E-state index contributed by atoms with van der Waals surface area (Å²) >= 11 is 0. The second kappa shape index (κ2) is 4.70. The number of nitrogens with zero attached hydrogens (tertiary/aromatic N) is 2. The van der Waals surface area contributed by atoms with Crippen LogP contribution in [0.25, 0.3) is 10.9 Å². The smallest absolute Gasteiger partial charge is 0.323 e. The molecule has 0 aliphatic carbocycles. The first-order valence-corrected chi connectivity index (χ1v) is 6.24. The third kappa shape index (κ3) is 2.09. The third-order valence-corrected chi connectivity index (χ3v) is 3.12. The highest BCUT2D eigenvalue weighted by molar-refractivity contribution is 6.00. The summed E-state index contributed by atoms with van der Waals surface area (Å²) in [5.41, 5.74) is 8.97. The molecule has 3 aromatic rings. The Hall–Kier alpha value is -2.82. The van der Waals surface area contributed by atoms with Crippen LogP contribution in [0.3, 0.4) is 0 Å². The van der Waals surface area contributed by atoms with Gasteiger partial charge in [-0.05, 0) is 43.3 Å². The van der Waals surface area contributed by atoms with E-state index in [-0.39, 0.29) is 0 Å². The van der Waals surface area contributed by atoms with Gasteiger partial charge in [0.05, 0.1) is 17.6 Å². The standard InChI is InChI=1S/C15H14N4O/c1-10-7-11-8-12(4-5-14(11)18-10)19(15(16)20)13-3-2-6-17-9-13/h2-9,18H,1H3,(H2,16,20). The molecule has 0 spiro atoms. The number of primary amides is 1. The average Bonchev–Trinajstić information content (AvgIpc) is 2.79. The number of hydrogen-bond acceptors (Lipinski definition) is 2. The molecular weight excluding hydrogens is 252 g/mol. The summed E-state index contributed by atoms with van der Waals surface area (Å²) in [5, 5.41) is 1.04. The van der Waals surface area contributed by atoms with Crippen LogP contribution in [0.4, 0.5) is 16.2 Å². The van der Waals surface area contributed by atoms with Crippen LogP contribution in [0.5, 0.6) is 0 Å². The van der Waals surface area contributed by atoms with Gasteiger partial charge in [-0.2, -0.15) is 0 Å². The first-order valence-electron chi connectivity index (χ1n) is 6.24. The fourth-order valence-corrected chi connectivity index (χ4v) is 2.29. The van der Waals surface area contributed by atoms with Gasteiger partial charge in [-0.15, -0.1) is 0 Å². The number of anilines is 2. The number of carbonyl (C=O) groups excluding carboxylic acids is 1. The van der Waals surface area contributed by atoms with E-state index in [9.17, 15) is 4.79 Å². The molecule has 5 nitrogen and oxygen atoms in total. The number of carbonyl (C=O) groups is 1. The van der Waals surface area contributed by atoms with Crippen molar-refractivity contribution in [2.45, 2.75) is 6.92 Å². The van der Waals surface area contributed by atoms with Crippen molar-refractivity contribution in [2.75, 3.05) is 4.90 Å². The lowest BCUT2D eigenvalue weighted by Crippen LogP contribution is -2.31. The van der Waals surface area contributed by atoms with Crippen molar-refractivity contribution in [3.63, 3.8) is 0 Å². The molecule has 2 amide bonds. The molecule has 100 valence electrons. The number of amides is 2. The molecule has 3 rings (SSSR count). The highest BCUT2D eigenvalue weighted by Crippen LogP contribution is 2.28. The van der Waals surface area contributed by atoms with E-state index in [2.05, 4.69) is 9.97 Å². The molecule has 2 aromatic heterocycles. The van der Waals surface area contributed by atoms with E-state index in [0.29, 0.717) is 5.69 Å². The minimum atomic E-state index is -0.537. The summed E-state index contributed by atoms with van der Waals surface area (Å²) in [6.07, 6.45) is 3.26. The largest absolute Gasteiger partial charge is 0.359 e. The lowest BCUT2D eigenvalue weighted by molar-refractivity contribution is 0.256. The summed E-state index contributed by atoms with van der Waals surface area (Å²) in [6.45, 7) is 1.99. The number of aromatic nitrogens is 2. The number of pyridine rings is 1. The van der Waals surface area contributed by atoms with E-state index in [1.807, 2.05) is 31.2 Å². The van der Waals surface area contributed by atoms with E-state index >= 15 is 0 Å². The first kappa shape index (κ1) is 12.2. The zero-order valence-corrected chi connectivity index (χ0v) is 11.0. The number of aromatic amines is 1. The van der Waals surface area contributed by atoms with Gasteiger partial charge in [0, 0.05) is 22.8 Å². The molecule has 1 aromatic carbocycles. The number of urea groups is 1. The SMILES string of the molecule is Cc1cc2cc(N(C(N)=O)c3cccnc3)ccc2[nH]1. The van der Waals surface area contributed by atoms with Crippen molar-refractivity contribution in [1.29, 1.82) is 0 Å². The zero-order chi connectivity index (χ0) is 14.1. The van der Waals surface area contributed by atoms with Gasteiger partial charge in [0.15, 0.2) is 0 Å². The first-order chi connectivity index (χ1) is 9.65. The molecule has 0 saturated heterocycles. The quantitative estimate of drug-likeness (QED) is 0.747. The van der Waals surface area contributed by atoms with Gasteiger partial charge in [-0.3, -0.25) is 9.88 Å².